The normalized spacial score (nSPS) is 10.6. The number of hydrogen-bond donors (Lipinski definition) is 2. The Bertz CT molecular complexity index is 994. The number of pyridine rings is 1. The van der Waals surface area contributed by atoms with Crippen molar-refractivity contribution in [3.63, 3.8) is 0 Å². The van der Waals surface area contributed by atoms with Crippen LogP contribution in [0.25, 0.3) is 0 Å². The maximum Gasteiger partial charge on any atom is 0.299 e. The average molecular weight is 429 g/mol. The molecule has 3 N–H and O–H groups in total. The second-order valence-electron chi connectivity index (χ2n) is 4.91. The first-order chi connectivity index (χ1) is 12.7. The number of nitrogens with zero attached hydrogens (tertiary/aromatic N) is 4. The largest absolute Gasteiger partial charge is 0.368 e. The molecule has 2 heterocycles. The lowest BCUT2D eigenvalue weighted by molar-refractivity contribution is 0.0922. The maximum absolute atomic E-state index is 12.2. The molecule has 9 nitrogen and oxygen atoms in total. The fourth-order valence-electron chi connectivity index (χ4n) is 1.74. The highest BCUT2D eigenvalue weighted by molar-refractivity contribution is 7.92. The highest BCUT2D eigenvalue weighted by atomic mass is 35.5. The molecule has 0 aliphatic rings. The third-order valence-electron chi connectivity index (χ3n) is 2.92. The van der Waals surface area contributed by atoms with E-state index in [0.29, 0.717) is 4.68 Å². The molecule has 0 amide bonds. The van der Waals surface area contributed by atoms with Crippen LogP contribution in [0.5, 0.6) is 0 Å². The van der Waals surface area contributed by atoms with E-state index in [4.69, 9.17) is 28.9 Å². The molecule has 0 unspecified atom stereocenters. The van der Waals surface area contributed by atoms with Gasteiger partial charge in [0.1, 0.15) is 0 Å². The van der Waals surface area contributed by atoms with Crippen molar-refractivity contribution in [1.29, 1.82) is 0 Å². The van der Waals surface area contributed by atoms with Crippen molar-refractivity contribution in [3.8, 4) is 0 Å². The molecule has 2 aromatic heterocycles. The molecule has 0 atom stereocenters. The lowest BCUT2D eigenvalue weighted by atomic mass is 10.3. The number of sulfonamides is 1. The first-order valence-corrected chi connectivity index (χ1v) is 9.51. The summed E-state index contributed by atoms with van der Waals surface area (Å²) in [6.45, 7) is 1.17. The van der Waals surface area contributed by atoms with E-state index in [1.54, 1.807) is 18.5 Å². The highest BCUT2D eigenvalue weighted by Crippen LogP contribution is 2.31. The number of aromatic nitrogens is 4. The number of rotatable bonds is 3. The van der Waals surface area contributed by atoms with Crippen LogP contribution in [0, 0.1) is 0 Å². The number of nitrogens with one attached hydrogen (secondary N) is 1. The van der Waals surface area contributed by atoms with Crippen molar-refractivity contribution in [2.24, 2.45) is 0 Å². The Balaban J connectivity index is 0.000000369. The minimum absolute atomic E-state index is 0.0152. The van der Waals surface area contributed by atoms with Gasteiger partial charge in [0, 0.05) is 19.3 Å². The second kappa shape index (κ2) is 8.80. The molecule has 0 saturated heterocycles. The van der Waals surface area contributed by atoms with Crippen molar-refractivity contribution >= 4 is 50.8 Å². The molecule has 1 aromatic carbocycles. The van der Waals surface area contributed by atoms with Gasteiger partial charge in [-0.25, -0.2) is 0 Å². The molecule has 0 radical (unpaired) electrons. The van der Waals surface area contributed by atoms with Crippen LogP contribution in [0.15, 0.2) is 53.9 Å². The zero-order valence-corrected chi connectivity index (χ0v) is 16.2. The van der Waals surface area contributed by atoms with Crippen LogP contribution in [0.1, 0.15) is 11.7 Å². The number of nitrogens with two attached hydrogens (primary N) is 1. The number of para-hydroxylation sites is 1. The minimum atomic E-state index is -4.19. The van der Waals surface area contributed by atoms with Crippen molar-refractivity contribution in [3.05, 3.63) is 58.8 Å². The summed E-state index contributed by atoms with van der Waals surface area (Å²) < 4.78 is 27.1. The molecule has 0 bridgehead atoms. The van der Waals surface area contributed by atoms with Gasteiger partial charge < -0.3 is 5.73 Å². The van der Waals surface area contributed by atoms with Gasteiger partial charge in [0.15, 0.2) is 0 Å². The Morgan fingerprint density at radius 1 is 1.11 bits per heavy atom. The van der Waals surface area contributed by atoms with E-state index in [-0.39, 0.29) is 21.7 Å². The number of nitrogen functional groups attached to an aromatic ring is 1. The summed E-state index contributed by atoms with van der Waals surface area (Å²) in [5.41, 5.74) is 5.40. The molecule has 0 fully saturated rings. The van der Waals surface area contributed by atoms with Crippen molar-refractivity contribution < 1.29 is 13.2 Å². The van der Waals surface area contributed by atoms with Crippen molar-refractivity contribution in [2.75, 3.05) is 10.5 Å². The van der Waals surface area contributed by atoms with Crippen molar-refractivity contribution in [2.45, 2.75) is 12.1 Å². The van der Waals surface area contributed by atoms with Gasteiger partial charge in [0.25, 0.3) is 15.2 Å². The Morgan fingerprint density at radius 3 is 2.11 bits per heavy atom. The SMILES string of the molecule is CC(=O)n1nc(S(=O)(=O)Nc2c(Cl)cccc2Cl)nc1N.c1ccncc1. The summed E-state index contributed by atoms with van der Waals surface area (Å²) in [7, 11) is -4.19. The highest BCUT2D eigenvalue weighted by Gasteiger charge is 2.24. The summed E-state index contributed by atoms with van der Waals surface area (Å²) in [5, 5.41) is 3.07. The van der Waals surface area contributed by atoms with E-state index < -0.39 is 21.1 Å². The molecule has 0 saturated carbocycles. The average Bonchev–Trinajstić information content (AvgIpc) is 3.03. The smallest absolute Gasteiger partial charge is 0.299 e. The Morgan fingerprint density at radius 2 is 1.70 bits per heavy atom. The van der Waals surface area contributed by atoms with Crippen LogP contribution in [-0.4, -0.2) is 34.1 Å². The van der Waals surface area contributed by atoms with Gasteiger partial charge in [-0.15, -0.1) is 5.10 Å². The number of anilines is 2. The van der Waals surface area contributed by atoms with E-state index in [1.165, 1.54) is 19.1 Å². The molecule has 0 aliphatic carbocycles. The summed E-state index contributed by atoms with van der Waals surface area (Å²) in [6, 6.07) is 10.2. The predicted molar refractivity (Wildman–Crippen MR) is 102 cm³/mol. The third-order valence-corrected chi connectivity index (χ3v) is 4.67. The third kappa shape index (κ3) is 5.39. The monoisotopic (exact) mass is 428 g/mol. The van der Waals surface area contributed by atoms with Gasteiger partial charge in [0.05, 0.1) is 15.7 Å². The quantitative estimate of drug-likeness (QED) is 0.654. The topological polar surface area (TPSA) is 133 Å². The molecule has 3 rings (SSSR count). The number of hydrogen-bond acceptors (Lipinski definition) is 7. The van der Waals surface area contributed by atoms with E-state index in [0.717, 1.165) is 0 Å². The first-order valence-electron chi connectivity index (χ1n) is 7.27. The lowest BCUT2D eigenvalue weighted by Gasteiger charge is -2.08. The van der Waals surface area contributed by atoms with Gasteiger partial charge in [-0.05, 0) is 24.3 Å². The molecule has 3 aromatic rings. The Hall–Kier alpha value is -2.69. The fourth-order valence-corrected chi connectivity index (χ4v) is 3.32. The van der Waals surface area contributed by atoms with Gasteiger partial charge in [0.2, 0.25) is 11.9 Å². The minimum Gasteiger partial charge on any atom is -0.368 e. The number of benzene rings is 1. The molecule has 142 valence electrons. The first kappa shape index (κ1) is 20.6. The summed E-state index contributed by atoms with van der Waals surface area (Å²) in [5.74, 6) is -0.912. The second-order valence-corrected chi connectivity index (χ2v) is 7.30. The van der Waals surface area contributed by atoms with Gasteiger partial charge in [-0.1, -0.05) is 35.3 Å². The molecule has 27 heavy (non-hydrogen) atoms. The van der Waals surface area contributed by atoms with Gasteiger partial charge >= 0.3 is 0 Å². The lowest BCUT2D eigenvalue weighted by Crippen LogP contribution is -2.16. The van der Waals surface area contributed by atoms with E-state index in [9.17, 15) is 13.2 Å². The van der Waals surface area contributed by atoms with Crippen LogP contribution < -0.4 is 10.5 Å². The standard InChI is InChI=1S/C10H9Cl2N5O3S.C5H5N/c1-5(18)17-9(13)14-10(15-17)21(19,20)16-8-6(11)3-2-4-7(8)12;1-2-4-6-5-3-1/h2-4,16H,1H3,(H2,13,14,15);1-5H. The molecular formula is C15H14Cl2N6O3S. The van der Waals surface area contributed by atoms with Gasteiger partial charge in [-0.2, -0.15) is 18.1 Å². The summed E-state index contributed by atoms with van der Waals surface area (Å²) >= 11 is 11.7. The molecule has 12 heteroatoms. The molecular weight excluding hydrogens is 415 g/mol. The van der Waals surface area contributed by atoms with Crippen LogP contribution in [-0.2, 0) is 10.0 Å². The van der Waals surface area contributed by atoms with E-state index in [2.05, 4.69) is 19.8 Å². The fraction of sp³-hybridized carbons (Fsp3) is 0.0667. The number of carbonyl (C=O) groups excluding carboxylic acids is 1. The summed E-state index contributed by atoms with van der Waals surface area (Å²) in [6.07, 6.45) is 3.50. The van der Waals surface area contributed by atoms with Crippen LogP contribution in [0.4, 0.5) is 11.6 Å². The van der Waals surface area contributed by atoms with E-state index in [1.807, 2.05) is 18.2 Å². The summed E-state index contributed by atoms with van der Waals surface area (Å²) in [4.78, 5) is 18.5. The van der Waals surface area contributed by atoms with Crippen LogP contribution >= 0.6 is 23.2 Å². The predicted octanol–water partition coefficient (Wildman–Crippen LogP) is 2.71. The molecule has 0 spiro atoms. The number of carbonyl (C=O) groups is 1. The van der Waals surface area contributed by atoms with Crippen molar-refractivity contribution in [1.82, 2.24) is 19.7 Å². The van der Waals surface area contributed by atoms with Crippen LogP contribution in [0.2, 0.25) is 10.0 Å². The van der Waals surface area contributed by atoms with Crippen LogP contribution in [0.3, 0.4) is 0 Å². The maximum atomic E-state index is 12.2. The van der Waals surface area contributed by atoms with Gasteiger partial charge in [-0.3, -0.25) is 14.5 Å². The van der Waals surface area contributed by atoms with E-state index >= 15 is 0 Å². The zero-order chi connectivity index (χ0) is 20.0. The zero-order valence-electron chi connectivity index (χ0n) is 13.9. The Kier molecular flexibility index (Phi) is 6.72. The molecule has 0 aliphatic heterocycles. The Labute approximate surface area is 165 Å². The number of halogens is 2.